The van der Waals surface area contributed by atoms with Crippen LogP contribution in [0.4, 0.5) is 5.69 Å². The Balaban J connectivity index is 2.02. The van der Waals surface area contributed by atoms with Gasteiger partial charge in [0.15, 0.2) is 0 Å². The zero-order valence-corrected chi connectivity index (χ0v) is 13.2. The van der Waals surface area contributed by atoms with E-state index >= 15 is 0 Å². The van der Waals surface area contributed by atoms with Gasteiger partial charge in [-0.25, -0.2) is 13.1 Å². The maximum atomic E-state index is 12.2. The Morgan fingerprint density at radius 3 is 2.60 bits per heavy atom. The van der Waals surface area contributed by atoms with E-state index < -0.39 is 10.0 Å². The van der Waals surface area contributed by atoms with Crippen LogP contribution in [0.5, 0.6) is 0 Å². The molecule has 20 heavy (non-hydrogen) atoms. The van der Waals surface area contributed by atoms with Crippen molar-refractivity contribution in [2.75, 3.05) is 12.3 Å². The van der Waals surface area contributed by atoms with Crippen molar-refractivity contribution in [3.05, 3.63) is 22.7 Å². The maximum absolute atomic E-state index is 12.2. The van der Waals surface area contributed by atoms with Crippen LogP contribution in [-0.2, 0) is 10.0 Å². The van der Waals surface area contributed by atoms with Gasteiger partial charge < -0.3 is 5.73 Å². The quantitative estimate of drug-likeness (QED) is 0.820. The second kappa shape index (κ2) is 6.33. The zero-order chi connectivity index (χ0) is 14.8. The van der Waals surface area contributed by atoms with Gasteiger partial charge >= 0.3 is 0 Å². The lowest BCUT2D eigenvalue weighted by molar-refractivity contribution is 0.495. The van der Waals surface area contributed by atoms with Gasteiger partial charge in [-0.3, -0.25) is 0 Å². The average Bonchev–Trinajstić information content (AvgIpc) is 2.88. The molecule has 1 aromatic rings. The van der Waals surface area contributed by atoms with E-state index in [2.05, 4.69) is 4.72 Å². The van der Waals surface area contributed by atoms with Crippen LogP contribution in [0.3, 0.4) is 0 Å². The Kier molecular flexibility index (Phi) is 4.94. The van der Waals surface area contributed by atoms with Crippen LogP contribution in [0.2, 0.25) is 5.02 Å². The lowest BCUT2D eigenvalue weighted by atomic mass is 10.1. The zero-order valence-electron chi connectivity index (χ0n) is 11.7. The highest BCUT2D eigenvalue weighted by atomic mass is 35.5. The van der Waals surface area contributed by atoms with Crippen LogP contribution >= 0.6 is 11.6 Å². The Labute approximate surface area is 125 Å². The molecule has 0 amide bonds. The van der Waals surface area contributed by atoms with Crippen LogP contribution in [0.15, 0.2) is 17.0 Å². The number of benzene rings is 1. The van der Waals surface area contributed by atoms with Gasteiger partial charge in [-0.05, 0) is 37.0 Å². The first kappa shape index (κ1) is 15.6. The molecule has 6 heteroatoms. The molecule has 112 valence electrons. The summed E-state index contributed by atoms with van der Waals surface area (Å²) in [6.45, 7) is 2.23. The summed E-state index contributed by atoms with van der Waals surface area (Å²) in [4.78, 5) is 0.184. The normalized spacial score (nSPS) is 16.7. The molecular weight excluding hydrogens is 296 g/mol. The summed E-state index contributed by atoms with van der Waals surface area (Å²) in [5.41, 5.74) is 6.69. The first-order valence-corrected chi connectivity index (χ1v) is 8.81. The van der Waals surface area contributed by atoms with Gasteiger partial charge in [0.05, 0.1) is 15.6 Å². The Morgan fingerprint density at radius 2 is 2.00 bits per heavy atom. The molecule has 0 aliphatic heterocycles. The minimum atomic E-state index is -3.50. The topological polar surface area (TPSA) is 72.2 Å². The number of nitrogens with two attached hydrogens (primary N) is 1. The molecule has 0 unspecified atom stereocenters. The summed E-state index contributed by atoms with van der Waals surface area (Å²) in [6.07, 6.45) is 5.87. The summed E-state index contributed by atoms with van der Waals surface area (Å²) in [5.74, 6) is 0.662. The molecular formula is C14H21ClN2O2S. The standard InChI is InChI=1S/C14H21ClN2O2S/c1-10-8-12(9-13(16)14(10)15)20(18,19)17-7-6-11-4-2-3-5-11/h8-9,11,17H,2-7,16H2,1H3. The fraction of sp³-hybridized carbons (Fsp3) is 0.571. The van der Waals surface area contributed by atoms with Crippen LogP contribution < -0.4 is 10.5 Å². The van der Waals surface area contributed by atoms with Crippen molar-refractivity contribution in [3.8, 4) is 0 Å². The number of hydrogen-bond donors (Lipinski definition) is 2. The van der Waals surface area contributed by atoms with Crippen molar-refractivity contribution in [3.63, 3.8) is 0 Å². The maximum Gasteiger partial charge on any atom is 0.240 e. The van der Waals surface area contributed by atoms with Crippen molar-refractivity contribution in [2.45, 2.75) is 43.9 Å². The van der Waals surface area contributed by atoms with E-state index in [4.69, 9.17) is 17.3 Å². The van der Waals surface area contributed by atoms with Crippen molar-refractivity contribution >= 4 is 27.3 Å². The van der Waals surface area contributed by atoms with Gasteiger partial charge in [-0.15, -0.1) is 0 Å². The van der Waals surface area contributed by atoms with Gasteiger partial charge in [-0.2, -0.15) is 0 Å². The lowest BCUT2D eigenvalue weighted by Crippen LogP contribution is -2.26. The second-order valence-electron chi connectivity index (χ2n) is 5.48. The minimum absolute atomic E-state index is 0.184. The van der Waals surface area contributed by atoms with Crippen LogP contribution in [0, 0.1) is 12.8 Å². The fourth-order valence-electron chi connectivity index (χ4n) is 2.70. The Bertz CT molecular complexity index is 558. The Morgan fingerprint density at radius 1 is 1.35 bits per heavy atom. The molecule has 0 saturated heterocycles. The highest BCUT2D eigenvalue weighted by Crippen LogP contribution is 2.28. The number of anilines is 1. The molecule has 1 fully saturated rings. The largest absolute Gasteiger partial charge is 0.397 e. The van der Waals surface area contributed by atoms with Crippen LogP contribution in [0.25, 0.3) is 0 Å². The molecule has 0 spiro atoms. The third-order valence-electron chi connectivity index (χ3n) is 3.89. The number of nitrogens with one attached hydrogen (secondary N) is 1. The summed E-state index contributed by atoms with van der Waals surface area (Å²) < 4.78 is 27.1. The summed E-state index contributed by atoms with van der Waals surface area (Å²) >= 11 is 5.95. The minimum Gasteiger partial charge on any atom is -0.397 e. The highest BCUT2D eigenvalue weighted by Gasteiger charge is 2.19. The van der Waals surface area contributed by atoms with Gasteiger partial charge in [0.1, 0.15) is 0 Å². The molecule has 0 radical (unpaired) electrons. The van der Waals surface area contributed by atoms with Gasteiger partial charge in [0.2, 0.25) is 10.0 Å². The number of sulfonamides is 1. The Hall–Kier alpha value is -0.780. The van der Waals surface area contributed by atoms with E-state index in [-0.39, 0.29) is 4.90 Å². The van der Waals surface area contributed by atoms with Gasteiger partial charge in [0, 0.05) is 6.54 Å². The van der Waals surface area contributed by atoms with E-state index in [9.17, 15) is 8.42 Å². The van der Waals surface area contributed by atoms with Crippen LogP contribution in [-0.4, -0.2) is 15.0 Å². The van der Waals surface area contributed by atoms with Crippen LogP contribution in [0.1, 0.15) is 37.7 Å². The highest BCUT2D eigenvalue weighted by molar-refractivity contribution is 7.89. The molecule has 1 aliphatic carbocycles. The molecule has 1 aliphatic rings. The van der Waals surface area contributed by atoms with Crippen molar-refractivity contribution in [2.24, 2.45) is 5.92 Å². The molecule has 0 bridgehead atoms. The smallest absolute Gasteiger partial charge is 0.240 e. The van der Waals surface area contributed by atoms with Crippen molar-refractivity contribution in [1.82, 2.24) is 4.72 Å². The van der Waals surface area contributed by atoms with E-state index in [0.29, 0.717) is 28.7 Å². The van der Waals surface area contributed by atoms with Crippen molar-refractivity contribution < 1.29 is 8.42 Å². The van der Waals surface area contributed by atoms with E-state index in [1.54, 1.807) is 13.0 Å². The average molecular weight is 317 g/mol. The SMILES string of the molecule is Cc1cc(S(=O)(=O)NCCC2CCCC2)cc(N)c1Cl. The number of halogens is 1. The predicted molar refractivity (Wildman–Crippen MR) is 82.4 cm³/mol. The number of hydrogen-bond acceptors (Lipinski definition) is 3. The van der Waals surface area contributed by atoms with E-state index in [1.165, 1.54) is 31.7 Å². The predicted octanol–water partition coefficient (Wildman–Crippen LogP) is 3.09. The van der Waals surface area contributed by atoms with Gasteiger partial charge in [-0.1, -0.05) is 37.3 Å². The fourth-order valence-corrected chi connectivity index (χ4v) is 3.97. The van der Waals surface area contributed by atoms with Gasteiger partial charge in [0.25, 0.3) is 0 Å². The summed E-state index contributed by atoms with van der Waals surface area (Å²) in [5, 5.41) is 0.412. The third kappa shape index (κ3) is 3.65. The number of aryl methyl sites for hydroxylation is 1. The molecule has 1 aromatic carbocycles. The number of nitrogen functional groups attached to an aromatic ring is 1. The van der Waals surface area contributed by atoms with Crippen molar-refractivity contribution in [1.29, 1.82) is 0 Å². The monoisotopic (exact) mass is 316 g/mol. The molecule has 3 N–H and O–H groups in total. The summed E-state index contributed by atoms with van der Waals surface area (Å²) in [6, 6.07) is 2.96. The molecule has 2 rings (SSSR count). The second-order valence-corrected chi connectivity index (χ2v) is 7.63. The lowest BCUT2D eigenvalue weighted by Gasteiger charge is -2.12. The molecule has 0 aromatic heterocycles. The third-order valence-corrected chi connectivity index (χ3v) is 5.84. The van der Waals surface area contributed by atoms with E-state index in [0.717, 1.165) is 6.42 Å². The summed E-state index contributed by atoms with van der Waals surface area (Å²) in [7, 11) is -3.50. The first-order valence-electron chi connectivity index (χ1n) is 6.95. The first-order chi connectivity index (χ1) is 9.40. The molecule has 0 atom stereocenters. The molecule has 0 heterocycles. The van der Waals surface area contributed by atoms with E-state index in [1.807, 2.05) is 0 Å². The molecule has 4 nitrogen and oxygen atoms in total. The number of rotatable bonds is 5. The molecule has 1 saturated carbocycles.